The second-order valence-electron chi connectivity index (χ2n) is 8.95. The average Bonchev–Trinajstić information content (AvgIpc) is 3.19. The molecule has 5 nitrogen and oxygen atoms in total. The molecular weight excluding hydrogens is 488 g/mol. The van der Waals surface area contributed by atoms with Crippen molar-refractivity contribution in [3.05, 3.63) is 137 Å². The Morgan fingerprint density at radius 1 is 0.868 bits per heavy atom. The van der Waals surface area contributed by atoms with Gasteiger partial charge in [-0.05, 0) is 78.2 Å². The van der Waals surface area contributed by atoms with Crippen molar-refractivity contribution in [2.75, 3.05) is 4.90 Å². The van der Waals surface area contributed by atoms with Gasteiger partial charge in [0, 0.05) is 11.3 Å². The number of ketones is 1. The fourth-order valence-electron chi connectivity index (χ4n) is 4.51. The van der Waals surface area contributed by atoms with Crippen LogP contribution in [0.1, 0.15) is 28.3 Å². The molecule has 190 valence electrons. The molecule has 1 heterocycles. The Labute approximate surface area is 218 Å². The molecule has 1 unspecified atom stereocenters. The third kappa shape index (κ3) is 4.78. The molecule has 1 atom stereocenters. The molecule has 0 bridgehead atoms. The van der Waals surface area contributed by atoms with E-state index in [0.717, 1.165) is 11.1 Å². The number of halogens is 2. The van der Waals surface area contributed by atoms with Crippen molar-refractivity contribution >= 4 is 23.1 Å². The molecule has 0 spiro atoms. The molecule has 4 aromatic rings. The van der Waals surface area contributed by atoms with Crippen LogP contribution in [0, 0.1) is 18.6 Å². The van der Waals surface area contributed by atoms with Gasteiger partial charge in [-0.2, -0.15) is 0 Å². The molecule has 0 aromatic heterocycles. The summed E-state index contributed by atoms with van der Waals surface area (Å²) >= 11 is 0. The summed E-state index contributed by atoms with van der Waals surface area (Å²) in [5, 5.41) is 11.3. The van der Waals surface area contributed by atoms with Crippen LogP contribution in [0.25, 0.3) is 5.76 Å². The molecule has 1 aliphatic rings. The predicted octanol–water partition coefficient (Wildman–Crippen LogP) is 6.48. The van der Waals surface area contributed by atoms with Crippen LogP contribution in [0.3, 0.4) is 0 Å². The van der Waals surface area contributed by atoms with Crippen LogP contribution in [0.15, 0.2) is 103 Å². The maximum atomic E-state index is 13.7. The van der Waals surface area contributed by atoms with Gasteiger partial charge in [0.2, 0.25) is 0 Å². The summed E-state index contributed by atoms with van der Waals surface area (Å²) in [6, 6.07) is 24.0. The number of amides is 1. The number of aliphatic hydroxyl groups is 1. The molecule has 38 heavy (non-hydrogen) atoms. The Kier molecular flexibility index (Phi) is 6.75. The van der Waals surface area contributed by atoms with E-state index >= 15 is 0 Å². The van der Waals surface area contributed by atoms with Gasteiger partial charge in [0.25, 0.3) is 11.7 Å². The Bertz CT molecular complexity index is 1530. The molecular formula is C31H23F2NO4. The first-order valence-electron chi connectivity index (χ1n) is 11.9. The summed E-state index contributed by atoms with van der Waals surface area (Å²) in [6.07, 6.45) is 0. The molecule has 4 aromatic carbocycles. The molecule has 5 rings (SSSR count). The van der Waals surface area contributed by atoms with Crippen molar-refractivity contribution < 1.29 is 28.2 Å². The van der Waals surface area contributed by atoms with E-state index in [4.69, 9.17) is 4.74 Å². The van der Waals surface area contributed by atoms with Crippen molar-refractivity contribution in [1.29, 1.82) is 0 Å². The van der Waals surface area contributed by atoms with Gasteiger partial charge in [-0.15, -0.1) is 0 Å². The number of hydrogen-bond acceptors (Lipinski definition) is 4. The minimum absolute atomic E-state index is 0.150. The van der Waals surface area contributed by atoms with Gasteiger partial charge >= 0.3 is 0 Å². The van der Waals surface area contributed by atoms with Gasteiger partial charge in [0.1, 0.15) is 29.8 Å². The second-order valence-corrected chi connectivity index (χ2v) is 8.95. The largest absolute Gasteiger partial charge is 0.507 e. The number of aliphatic hydroxyl groups excluding tert-OH is 1. The third-order valence-corrected chi connectivity index (χ3v) is 6.42. The highest BCUT2D eigenvalue weighted by Crippen LogP contribution is 2.42. The minimum Gasteiger partial charge on any atom is -0.507 e. The van der Waals surface area contributed by atoms with Crippen molar-refractivity contribution in [2.24, 2.45) is 0 Å². The van der Waals surface area contributed by atoms with E-state index in [1.807, 2.05) is 37.3 Å². The molecule has 1 fully saturated rings. The SMILES string of the molecule is Cc1cc(/C(O)=C2/C(=O)C(=O)N(c3ccc(F)cc3)C2c2ccc(F)cc2)ccc1OCc1ccccc1. The van der Waals surface area contributed by atoms with E-state index in [0.29, 0.717) is 23.5 Å². The summed E-state index contributed by atoms with van der Waals surface area (Å²) in [4.78, 5) is 27.6. The Hall–Kier alpha value is -4.78. The number of carbonyl (C=O) groups excluding carboxylic acids is 2. The number of carbonyl (C=O) groups is 2. The minimum atomic E-state index is -1.05. The van der Waals surface area contributed by atoms with E-state index in [2.05, 4.69) is 0 Å². The van der Waals surface area contributed by atoms with Crippen molar-refractivity contribution in [1.82, 2.24) is 0 Å². The summed E-state index contributed by atoms with van der Waals surface area (Å²) < 4.78 is 33.2. The van der Waals surface area contributed by atoms with Crippen molar-refractivity contribution in [2.45, 2.75) is 19.6 Å². The van der Waals surface area contributed by atoms with Crippen LogP contribution < -0.4 is 9.64 Å². The average molecular weight is 512 g/mol. The third-order valence-electron chi connectivity index (χ3n) is 6.42. The van der Waals surface area contributed by atoms with Gasteiger partial charge < -0.3 is 9.84 Å². The summed E-state index contributed by atoms with van der Waals surface area (Å²) in [6.45, 7) is 2.17. The lowest BCUT2D eigenvalue weighted by Gasteiger charge is -2.25. The number of aryl methyl sites for hydroxylation is 1. The highest BCUT2D eigenvalue weighted by Gasteiger charge is 2.47. The topological polar surface area (TPSA) is 66.8 Å². The smallest absolute Gasteiger partial charge is 0.300 e. The normalized spacial score (nSPS) is 16.6. The lowest BCUT2D eigenvalue weighted by atomic mass is 9.94. The van der Waals surface area contributed by atoms with E-state index in [1.54, 1.807) is 18.2 Å². The Balaban J connectivity index is 1.55. The highest BCUT2D eigenvalue weighted by molar-refractivity contribution is 6.51. The molecule has 0 radical (unpaired) electrons. The molecule has 1 amide bonds. The number of anilines is 1. The van der Waals surface area contributed by atoms with Gasteiger partial charge in [-0.25, -0.2) is 8.78 Å². The van der Waals surface area contributed by atoms with Crippen molar-refractivity contribution in [3.63, 3.8) is 0 Å². The van der Waals surface area contributed by atoms with Gasteiger partial charge in [-0.3, -0.25) is 14.5 Å². The first kappa shape index (κ1) is 24.9. The number of rotatable bonds is 6. The van der Waals surface area contributed by atoms with E-state index < -0.39 is 29.4 Å². The molecule has 1 N–H and O–H groups in total. The van der Waals surface area contributed by atoms with Crippen LogP contribution >= 0.6 is 0 Å². The van der Waals surface area contributed by atoms with Crippen LogP contribution in [-0.4, -0.2) is 16.8 Å². The monoisotopic (exact) mass is 511 g/mol. The van der Waals surface area contributed by atoms with Crippen LogP contribution in [0.5, 0.6) is 5.75 Å². The number of Topliss-reactive ketones (excluding diaryl/α,β-unsaturated/α-hetero) is 1. The molecule has 1 saturated heterocycles. The van der Waals surface area contributed by atoms with Crippen LogP contribution in [0.2, 0.25) is 0 Å². The van der Waals surface area contributed by atoms with E-state index in [9.17, 15) is 23.5 Å². The number of ether oxygens (including phenoxy) is 1. The Morgan fingerprint density at radius 3 is 2.13 bits per heavy atom. The predicted molar refractivity (Wildman–Crippen MR) is 140 cm³/mol. The molecule has 1 aliphatic heterocycles. The molecule has 0 saturated carbocycles. The number of hydrogen-bond donors (Lipinski definition) is 1. The van der Waals surface area contributed by atoms with Crippen molar-refractivity contribution in [3.8, 4) is 5.75 Å². The fraction of sp³-hybridized carbons (Fsp3) is 0.0968. The zero-order valence-electron chi connectivity index (χ0n) is 20.4. The van der Waals surface area contributed by atoms with Gasteiger partial charge in [-0.1, -0.05) is 42.5 Å². The maximum absolute atomic E-state index is 13.7. The zero-order chi connectivity index (χ0) is 26.8. The quantitative estimate of drug-likeness (QED) is 0.183. The highest BCUT2D eigenvalue weighted by atomic mass is 19.1. The first-order chi connectivity index (χ1) is 18.3. The fourth-order valence-corrected chi connectivity index (χ4v) is 4.51. The standard InChI is InChI=1S/C31H23F2NO4/c1-19-17-22(9-16-26(19)38-18-20-5-3-2-4-6-20)29(35)27-28(21-7-10-23(32)11-8-21)34(31(37)30(27)36)25-14-12-24(33)13-15-25/h2-17,28,35H,18H2,1H3/b29-27-. The zero-order valence-corrected chi connectivity index (χ0v) is 20.4. The summed E-state index contributed by atoms with van der Waals surface area (Å²) in [7, 11) is 0. The van der Waals surface area contributed by atoms with Crippen LogP contribution in [-0.2, 0) is 16.2 Å². The lowest BCUT2D eigenvalue weighted by molar-refractivity contribution is -0.132. The lowest BCUT2D eigenvalue weighted by Crippen LogP contribution is -2.29. The summed E-state index contributed by atoms with van der Waals surface area (Å²) in [5.41, 5.74) is 2.57. The van der Waals surface area contributed by atoms with E-state index in [1.165, 1.54) is 53.4 Å². The van der Waals surface area contributed by atoms with Gasteiger partial charge in [0.15, 0.2) is 0 Å². The summed E-state index contributed by atoms with van der Waals surface area (Å²) in [5.74, 6) is -2.55. The van der Waals surface area contributed by atoms with E-state index in [-0.39, 0.29) is 17.0 Å². The molecule has 7 heteroatoms. The number of benzene rings is 4. The Morgan fingerprint density at radius 2 is 1.50 bits per heavy atom. The first-order valence-corrected chi connectivity index (χ1v) is 11.9. The molecule has 0 aliphatic carbocycles. The van der Waals surface area contributed by atoms with Crippen LogP contribution in [0.4, 0.5) is 14.5 Å². The second kappa shape index (κ2) is 10.3. The number of nitrogens with zero attached hydrogens (tertiary/aromatic N) is 1. The van der Waals surface area contributed by atoms with Gasteiger partial charge in [0.05, 0.1) is 11.6 Å². The maximum Gasteiger partial charge on any atom is 0.300 e.